The molecule has 5 aromatic rings. The lowest BCUT2D eigenvalue weighted by molar-refractivity contribution is -0.141. The van der Waals surface area contributed by atoms with E-state index in [4.69, 9.17) is 9.15 Å². The number of hydrogen-bond donors (Lipinski definition) is 0. The molecule has 40 heavy (non-hydrogen) atoms. The summed E-state index contributed by atoms with van der Waals surface area (Å²) >= 11 is 0. The SMILES string of the molecule is COc1ncc(-c2oc(C)nc2-c2cc(-c3cccc(S(C)(=O)=O)c3)ccc2-n2ccc(C(F)(F)F)n2)cc1F. The third-order valence-corrected chi connectivity index (χ3v) is 7.08. The Morgan fingerprint density at radius 2 is 1.75 bits per heavy atom. The van der Waals surface area contributed by atoms with Crippen LogP contribution in [0.4, 0.5) is 17.6 Å². The van der Waals surface area contributed by atoms with Crippen molar-refractivity contribution in [2.24, 2.45) is 0 Å². The van der Waals surface area contributed by atoms with Crippen molar-refractivity contribution < 1.29 is 35.1 Å². The Morgan fingerprint density at radius 3 is 2.40 bits per heavy atom. The van der Waals surface area contributed by atoms with Crippen LogP contribution in [0.15, 0.2) is 76.3 Å². The Labute approximate surface area is 225 Å². The molecule has 3 heterocycles. The summed E-state index contributed by atoms with van der Waals surface area (Å²) in [5, 5.41) is 3.70. The predicted molar refractivity (Wildman–Crippen MR) is 137 cm³/mol. The number of alkyl halides is 3. The van der Waals surface area contributed by atoms with Crippen LogP contribution in [0.5, 0.6) is 5.88 Å². The van der Waals surface area contributed by atoms with Crippen molar-refractivity contribution in [3.05, 3.63) is 84.4 Å². The average molecular weight is 573 g/mol. The maximum Gasteiger partial charge on any atom is 0.435 e. The first-order valence-corrected chi connectivity index (χ1v) is 13.5. The summed E-state index contributed by atoms with van der Waals surface area (Å²) in [6, 6.07) is 13.0. The molecule has 0 amide bonds. The zero-order chi connectivity index (χ0) is 28.8. The minimum absolute atomic E-state index is 0.0928. The van der Waals surface area contributed by atoms with Crippen molar-refractivity contribution in [2.75, 3.05) is 13.4 Å². The van der Waals surface area contributed by atoms with Gasteiger partial charge in [-0.3, -0.25) is 0 Å². The molecule has 0 saturated carbocycles. The molecule has 0 saturated heterocycles. The standard InChI is InChI=1S/C27H20F4N4O4S/c1-15-33-24(25(39-15)18-13-21(28)26(38-2)32-14-18)20-12-17(16-5-4-6-19(11-16)40(3,36)37)7-8-22(20)35-10-9-23(34-35)27(29,30)31/h4-14H,1-3H3. The number of pyridine rings is 1. The normalized spacial score (nSPS) is 12.1. The lowest BCUT2D eigenvalue weighted by Crippen LogP contribution is -2.08. The molecule has 0 aliphatic rings. The van der Waals surface area contributed by atoms with E-state index < -0.39 is 27.5 Å². The summed E-state index contributed by atoms with van der Waals surface area (Å²) in [7, 11) is -2.24. The molecule has 0 bridgehead atoms. The van der Waals surface area contributed by atoms with Gasteiger partial charge in [0.15, 0.2) is 33.0 Å². The number of benzene rings is 2. The van der Waals surface area contributed by atoms with Crippen molar-refractivity contribution in [3.8, 4) is 45.3 Å². The van der Waals surface area contributed by atoms with E-state index in [1.807, 2.05) is 0 Å². The number of oxazole rings is 1. The van der Waals surface area contributed by atoms with Gasteiger partial charge in [0.25, 0.3) is 0 Å². The second-order valence-corrected chi connectivity index (χ2v) is 10.8. The van der Waals surface area contributed by atoms with Crippen LogP contribution in [0.3, 0.4) is 0 Å². The van der Waals surface area contributed by atoms with Gasteiger partial charge in [0.05, 0.1) is 17.7 Å². The van der Waals surface area contributed by atoms with Crippen LogP contribution < -0.4 is 4.74 Å². The van der Waals surface area contributed by atoms with E-state index >= 15 is 0 Å². The molecule has 0 aliphatic heterocycles. The largest absolute Gasteiger partial charge is 0.479 e. The molecular formula is C27H20F4N4O4S. The van der Waals surface area contributed by atoms with Gasteiger partial charge in [0.2, 0.25) is 5.88 Å². The Balaban J connectivity index is 1.75. The number of aryl methyl sites for hydroxylation is 1. The molecule has 8 nitrogen and oxygen atoms in total. The van der Waals surface area contributed by atoms with Crippen LogP contribution >= 0.6 is 0 Å². The van der Waals surface area contributed by atoms with E-state index in [-0.39, 0.29) is 39.4 Å². The Morgan fingerprint density at radius 1 is 1.00 bits per heavy atom. The van der Waals surface area contributed by atoms with Crippen LogP contribution in [-0.2, 0) is 16.0 Å². The van der Waals surface area contributed by atoms with Gasteiger partial charge in [0.1, 0.15) is 5.69 Å². The highest BCUT2D eigenvalue weighted by molar-refractivity contribution is 7.90. The quantitative estimate of drug-likeness (QED) is 0.226. The molecule has 0 atom stereocenters. The fraction of sp³-hybridized carbons (Fsp3) is 0.148. The number of halogens is 4. The first-order valence-electron chi connectivity index (χ1n) is 11.6. The number of ether oxygens (including phenoxy) is 1. The predicted octanol–water partition coefficient (Wildman–Crippen LogP) is 6.13. The summed E-state index contributed by atoms with van der Waals surface area (Å²) in [4.78, 5) is 8.49. The maximum atomic E-state index is 14.5. The fourth-order valence-electron chi connectivity index (χ4n) is 4.13. The van der Waals surface area contributed by atoms with Crippen LogP contribution in [0.25, 0.3) is 39.4 Å². The van der Waals surface area contributed by atoms with Gasteiger partial charge in [-0.1, -0.05) is 18.2 Å². The molecule has 2 aromatic carbocycles. The van der Waals surface area contributed by atoms with Crippen molar-refractivity contribution in [1.82, 2.24) is 19.7 Å². The minimum atomic E-state index is -4.67. The average Bonchev–Trinajstić information content (AvgIpc) is 3.55. The highest BCUT2D eigenvalue weighted by Crippen LogP contribution is 2.39. The van der Waals surface area contributed by atoms with E-state index in [2.05, 4.69) is 15.1 Å². The first-order chi connectivity index (χ1) is 18.8. The Kier molecular flexibility index (Phi) is 6.70. The van der Waals surface area contributed by atoms with Gasteiger partial charge < -0.3 is 9.15 Å². The van der Waals surface area contributed by atoms with Gasteiger partial charge in [-0.15, -0.1) is 0 Å². The number of aromatic nitrogens is 4. The van der Waals surface area contributed by atoms with E-state index in [1.54, 1.807) is 31.2 Å². The van der Waals surface area contributed by atoms with E-state index in [0.717, 1.165) is 29.3 Å². The fourth-order valence-corrected chi connectivity index (χ4v) is 4.79. The smallest absolute Gasteiger partial charge is 0.435 e. The second-order valence-electron chi connectivity index (χ2n) is 8.80. The third-order valence-electron chi connectivity index (χ3n) is 5.97. The number of methoxy groups -OCH3 is 1. The molecule has 0 unspecified atom stereocenters. The lowest BCUT2D eigenvalue weighted by Gasteiger charge is -2.13. The van der Waals surface area contributed by atoms with Crippen molar-refractivity contribution in [1.29, 1.82) is 0 Å². The summed E-state index contributed by atoms with van der Waals surface area (Å²) in [5.74, 6) is -0.675. The summed E-state index contributed by atoms with van der Waals surface area (Å²) in [6.45, 7) is 1.56. The molecular weight excluding hydrogens is 552 g/mol. The Bertz CT molecular complexity index is 1850. The van der Waals surface area contributed by atoms with Crippen LogP contribution in [-0.4, -0.2) is 41.5 Å². The van der Waals surface area contributed by atoms with Crippen LogP contribution in [0, 0.1) is 12.7 Å². The minimum Gasteiger partial charge on any atom is -0.479 e. The van der Waals surface area contributed by atoms with E-state index in [0.29, 0.717) is 16.7 Å². The highest BCUT2D eigenvalue weighted by atomic mass is 32.2. The van der Waals surface area contributed by atoms with Gasteiger partial charge in [0, 0.05) is 36.7 Å². The monoisotopic (exact) mass is 572 g/mol. The van der Waals surface area contributed by atoms with E-state index in [1.165, 1.54) is 31.5 Å². The molecule has 0 aliphatic carbocycles. The van der Waals surface area contributed by atoms with Crippen molar-refractivity contribution >= 4 is 9.84 Å². The molecule has 0 radical (unpaired) electrons. The topological polar surface area (TPSA) is 100 Å². The first kappa shape index (κ1) is 27.1. The van der Waals surface area contributed by atoms with Gasteiger partial charge in [-0.2, -0.15) is 18.3 Å². The molecule has 0 N–H and O–H groups in total. The molecule has 0 fully saturated rings. The van der Waals surface area contributed by atoms with Crippen molar-refractivity contribution in [2.45, 2.75) is 18.0 Å². The van der Waals surface area contributed by atoms with Gasteiger partial charge in [-0.25, -0.2) is 27.5 Å². The zero-order valence-electron chi connectivity index (χ0n) is 21.2. The maximum absolute atomic E-state index is 14.5. The second kappa shape index (κ2) is 9.90. The number of rotatable bonds is 6. The molecule has 0 spiro atoms. The van der Waals surface area contributed by atoms with Crippen molar-refractivity contribution in [3.63, 3.8) is 0 Å². The van der Waals surface area contributed by atoms with Gasteiger partial charge in [-0.05, 0) is 47.5 Å². The molecule has 5 rings (SSSR count). The Hall–Kier alpha value is -4.52. The van der Waals surface area contributed by atoms with Gasteiger partial charge >= 0.3 is 6.18 Å². The number of hydrogen-bond acceptors (Lipinski definition) is 7. The highest BCUT2D eigenvalue weighted by Gasteiger charge is 2.34. The van der Waals surface area contributed by atoms with Crippen LogP contribution in [0.2, 0.25) is 0 Å². The number of nitrogens with zero attached hydrogens (tertiary/aromatic N) is 4. The van der Waals surface area contributed by atoms with E-state index in [9.17, 15) is 26.0 Å². The summed E-state index contributed by atoms with van der Waals surface area (Å²) < 4.78 is 90.6. The zero-order valence-corrected chi connectivity index (χ0v) is 22.0. The summed E-state index contributed by atoms with van der Waals surface area (Å²) in [6.07, 6.45) is -1.10. The van der Waals surface area contributed by atoms with Crippen LogP contribution in [0.1, 0.15) is 11.6 Å². The third kappa shape index (κ3) is 5.19. The summed E-state index contributed by atoms with van der Waals surface area (Å²) in [5.41, 5.74) is 0.882. The molecule has 3 aromatic heterocycles. The number of sulfone groups is 1. The molecule has 206 valence electrons. The molecule has 13 heteroatoms. The lowest BCUT2D eigenvalue weighted by atomic mass is 9.98.